The summed E-state index contributed by atoms with van der Waals surface area (Å²) in [6.07, 6.45) is 7.38. The molecule has 1 aliphatic carbocycles. The van der Waals surface area contributed by atoms with Gasteiger partial charge in [0.05, 0.1) is 50.0 Å². The Bertz CT molecular complexity index is 2150. The maximum Gasteiger partial charge on any atom is 0.321 e. The predicted molar refractivity (Wildman–Crippen MR) is 232 cm³/mol. The molecule has 0 unspecified atom stereocenters. The highest BCUT2D eigenvalue weighted by Crippen LogP contribution is 2.57. The number of rotatable bonds is 20. The van der Waals surface area contributed by atoms with E-state index in [1.165, 1.54) is 11.3 Å². The zero-order valence-electron chi connectivity index (χ0n) is 35.3. The number of thiazole rings is 1. The number of unbranched alkanes of at least 4 members (excludes halogenated alkanes) is 3. The first kappa shape index (κ1) is 43.4. The fourth-order valence-corrected chi connectivity index (χ4v) is 9.00. The van der Waals surface area contributed by atoms with E-state index in [-0.39, 0.29) is 49.6 Å². The molecule has 4 atom stereocenters. The first-order chi connectivity index (χ1) is 28.5. The number of aromatic nitrogens is 2. The molecule has 0 spiro atoms. The van der Waals surface area contributed by atoms with Gasteiger partial charge < -0.3 is 28.7 Å². The Labute approximate surface area is 352 Å². The lowest BCUT2D eigenvalue weighted by atomic mass is 9.92. The Kier molecular flexibility index (Phi) is 14.1. The van der Waals surface area contributed by atoms with Crippen molar-refractivity contribution in [1.29, 1.82) is 0 Å². The number of amides is 2. The molecule has 11 nitrogen and oxygen atoms in total. The molecule has 0 radical (unpaired) electrons. The lowest BCUT2D eigenvalue weighted by Crippen LogP contribution is -2.49. The smallest absolute Gasteiger partial charge is 0.321 e. The summed E-state index contributed by atoms with van der Waals surface area (Å²) in [5.74, 6) is 1.50. The number of carbonyl (C=O) groups excluding carboxylic acids is 3. The Balaban J connectivity index is 1.36. The quantitative estimate of drug-likeness (QED) is 0.0488. The van der Waals surface area contributed by atoms with Gasteiger partial charge in [0.15, 0.2) is 5.78 Å². The minimum absolute atomic E-state index is 0.0483. The third-order valence-electron chi connectivity index (χ3n) is 11.6. The van der Waals surface area contributed by atoms with Gasteiger partial charge in [0.2, 0.25) is 0 Å². The van der Waals surface area contributed by atoms with Crippen LogP contribution in [0.5, 0.6) is 17.2 Å². The van der Waals surface area contributed by atoms with Crippen molar-refractivity contribution in [3.8, 4) is 28.0 Å². The highest BCUT2D eigenvalue weighted by Gasteiger charge is 2.61. The standard InChI is InChI=1S/C47H58N4O7S/c1-9-12-13-14-15-22-50(27-32-16-18-34(55-7)19-17-32)46(54)51-28-35(23-39(51)40(52)26-47(25-33(47)10-2)45(53)57-11-3)58-42-24-37(44-49-38(29-59-44)30(4)5)48-43-31(6)41(56-8)21-20-36(42)43/h9-10,16-21,24,29-30,33,35,39H,1-2,11-15,22-23,25-28H2,3-8H3/t33-,35-,39+,47-/m1/s1. The van der Waals surface area contributed by atoms with Gasteiger partial charge in [-0.25, -0.2) is 14.8 Å². The third kappa shape index (κ3) is 9.64. The normalized spacial score (nSPS) is 19.7. The fraction of sp³-hybridized carbons (Fsp3) is 0.468. The molecule has 2 fully saturated rings. The lowest BCUT2D eigenvalue weighted by Gasteiger charge is -2.32. The molecule has 6 rings (SSSR count). The molecule has 59 heavy (non-hydrogen) atoms. The van der Waals surface area contributed by atoms with Gasteiger partial charge in [-0.3, -0.25) is 9.59 Å². The Hall–Kier alpha value is -5.23. The maximum atomic E-state index is 14.9. The number of ether oxygens (including phenoxy) is 4. The number of aryl methyl sites for hydroxylation is 1. The maximum absolute atomic E-state index is 14.9. The van der Waals surface area contributed by atoms with Crippen LogP contribution >= 0.6 is 11.3 Å². The van der Waals surface area contributed by atoms with Crippen molar-refractivity contribution in [2.75, 3.05) is 33.9 Å². The molecule has 0 bridgehead atoms. The molecule has 0 N–H and O–H groups in total. The van der Waals surface area contributed by atoms with E-state index in [2.05, 4.69) is 32.4 Å². The summed E-state index contributed by atoms with van der Waals surface area (Å²) in [5, 5.41) is 3.61. The van der Waals surface area contributed by atoms with E-state index in [0.29, 0.717) is 36.7 Å². The van der Waals surface area contributed by atoms with Crippen LogP contribution in [0.15, 0.2) is 73.2 Å². The van der Waals surface area contributed by atoms with E-state index in [1.54, 1.807) is 32.1 Å². The van der Waals surface area contributed by atoms with Crippen LogP contribution in [0.25, 0.3) is 21.6 Å². The Morgan fingerprint density at radius 1 is 1.03 bits per heavy atom. The molecule has 3 heterocycles. The number of likely N-dealkylation sites (tertiary alicyclic amines) is 1. The molecule has 2 aliphatic rings. The van der Waals surface area contributed by atoms with Gasteiger partial charge in [-0.2, -0.15) is 0 Å². The second-order valence-electron chi connectivity index (χ2n) is 15.9. The number of methoxy groups -OCH3 is 2. The number of ketones is 1. The summed E-state index contributed by atoms with van der Waals surface area (Å²) in [5.41, 5.74) is 3.20. The molecule has 2 aromatic carbocycles. The molecule has 2 aromatic heterocycles. The Morgan fingerprint density at radius 2 is 1.81 bits per heavy atom. The molecular formula is C47H58N4O7S. The number of Topliss-reactive ketones (excluding diaryl/α,β-unsaturated/α-hetero) is 1. The van der Waals surface area contributed by atoms with Gasteiger partial charge >= 0.3 is 12.0 Å². The number of fused-ring (bicyclic) bond motifs is 1. The first-order valence-electron chi connectivity index (χ1n) is 20.7. The molecule has 1 saturated heterocycles. The van der Waals surface area contributed by atoms with E-state index < -0.39 is 23.5 Å². The Morgan fingerprint density at radius 3 is 2.46 bits per heavy atom. The van der Waals surface area contributed by atoms with Crippen molar-refractivity contribution in [2.45, 2.75) is 97.2 Å². The van der Waals surface area contributed by atoms with Crippen LogP contribution in [0, 0.1) is 18.3 Å². The number of pyridine rings is 1. The van der Waals surface area contributed by atoms with Crippen molar-refractivity contribution in [2.24, 2.45) is 11.3 Å². The zero-order chi connectivity index (χ0) is 42.3. The van der Waals surface area contributed by atoms with E-state index in [1.807, 2.05) is 60.4 Å². The monoisotopic (exact) mass is 822 g/mol. The number of nitrogens with zero attached hydrogens (tertiary/aromatic N) is 4. The predicted octanol–water partition coefficient (Wildman–Crippen LogP) is 9.71. The highest BCUT2D eigenvalue weighted by atomic mass is 32.1. The van der Waals surface area contributed by atoms with E-state index in [4.69, 9.17) is 28.9 Å². The molecule has 1 saturated carbocycles. The minimum Gasteiger partial charge on any atom is -0.497 e. The number of benzene rings is 2. The molecule has 2 amide bonds. The van der Waals surface area contributed by atoms with Gasteiger partial charge in [0.1, 0.15) is 34.1 Å². The topological polar surface area (TPSA) is 120 Å². The lowest BCUT2D eigenvalue weighted by molar-refractivity contribution is -0.152. The van der Waals surface area contributed by atoms with Gasteiger partial charge in [-0.15, -0.1) is 24.5 Å². The third-order valence-corrected chi connectivity index (χ3v) is 12.5. The molecular weight excluding hydrogens is 765 g/mol. The van der Waals surface area contributed by atoms with E-state index in [9.17, 15) is 14.4 Å². The van der Waals surface area contributed by atoms with Gasteiger partial charge in [0, 0.05) is 48.3 Å². The number of urea groups is 1. The van der Waals surface area contributed by atoms with E-state index >= 15 is 0 Å². The van der Waals surface area contributed by atoms with Crippen LogP contribution in [0.3, 0.4) is 0 Å². The fourth-order valence-electron chi connectivity index (χ4n) is 8.05. The summed E-state index contributed by atoms with van der Waals surface area (Å²) in [7, 11) is 3.26. The van der Waals surface area contributed by atoms with E-state index in [0.717, 1.165) is 64.2 Å². The van der Waals surface area contributed by atoms with Gasteiger partial charge in [-0.05, 0) is 81.2 Å². The van der Waals surface area contributed by atoms with Crippen LogP contribution in [0.1, 0.15) is 88.5 Å². The van der Waals surface area contributed by atoms with Crippen LogP contribution in [0.4, 0.5) is 4.79 Å². The van der Waals surface area contributed by atoms with Crippen molar-refractivity contribution in [3.05, 3.63) is 90.0 Å². The average Bonchev–Trinajstić information content (AvgIpc) is 3.50. The van der Waals surface area contributed by atoms with Crippen molar-refractivity contribution in [3.63, 3.8) is 0 Å². The second-order valence-corrected chi connectivity index (χ2v) is 16.8. The summed E-state index contributed by atoms with van der Waals surface area (Å²) in [4.78, 5) is 56.3. The minimum atomic E-state index is -0.980. The number of allylic oxidation sites excluding steroid dienone is 2. The van der Waals surface area contributed by atoms with Crippen LogP contribution in [-0.4, -0.2) is 83.6 Å². The van der Waals surface area contributed by atoms with Crippen LogP contribution < -0.4 is 14.2 Å². The van der Waals surface area contributed by atoms with Gasteiger partial charge in [-0.1, -0.05) is 44.6 Å². The summed E-state index contributed by atoms with van der Waals surface area (Å²) in [6, 6.07) is 12.3. The summed E-state index contributed by atoms with van der Waals surface area (Å²) in [6.45, 7) is 17.0. The van der Waals surface area contributed by atoms with Crippen molar-refractivity contribution in [1.82, 2.24) is 19.8 Å². The zero-order valence-corrected chi connectivity index (χ0v) is 36.1. The second kappa shape index (κ2) is 19.2. The average molecular weight is 823 g/mol. The first-order valence-corrected chi connectivity index (χ1v) is 21.6. The van der Waals surface area contributed by atoms with Gasteiger partial charge in [0.25, 0.3) is 0 Å². The van der Waals surface area contributed by atoms with Crippen molar-refractivity contribution >= 4 is 40.0 Å². The number of hydrogen-bond acceptors (Lipinski definition) is 10. The molecule has 4 aromatic rings. The van der Waals surface area contributed by atoms with Crippen LogP contribution in [-0.2, 0) is 20.9 Å². The summed E-state index contributed by atoms with van der Waals surface area (Å²) >= 11 is 1.53. The summed E-state index contributed by atoms with van der Waals surface area (Å²) < 4.78 is 23.5. The SMILES string of the molecule is C=CCCCCCN(Cc1ccc(OC)cc1)C(=O)N1C[C@H](Oc2cc(-c3nc(C(C)C)cs3)nc3c(C)c(OC)ccc23)C[C@H]1C(=O)C[C@]1(C(=O)OCC)C[C@H]1C=C. The highest BCUT2D eigenvalue weighted by molar-refractivity contribution is 7.13. The molecule has 314 valence electrons. The molecule has 1 aliphatic heterocycles. The number of hydrogen-bond donors (Lipinski definition) is 0. The van der Waals surface area contributed by atoms with Crippen molar-refractivity contribution < 1.29 is 33.3 Å². The number of carbonyl (C=O) groups is 3. The number of esters is 1. The largest absolute Gasteiger partial charge is 0.497 e. The molecule has 12 heteroatoms. The van der Waals surface area contributed by atoms with Crippen LogP contribution in [0.2, 0.25) is 0 Å².